The number of hydrogen-bond donors (Lipinski definition) is 3. The van der Waals surface area contributed by atoms with Gasteiger partial charge in [0, 0.05) is 17.8 Å². The third kappa shape index (κ3) is 7.28. The highest BCUT2D eigenvalue weighted by atomic mass is 16.5. The molecule has 2 amide bonds. The van der Waals surface area contributed by atoms with Gasteiger partial charge in [-0.15, -0.1) is 0 Å². The Kier molecular flexibility index (Phi) is 8.57. The maximum atomic E-state index is 12.0. The summed E-state index contributed by atoms with van der Waals surface area (Å²) in [5.41, 5.74) is 6.25. The Bertz CT molecular complexity index is 553. The molecule has 0 spiro atoms. The molecular formula is C18H27N3O3. The van der Waals surface area contributed by atoms with Gasteiger partial charge in [0.25, 0.3) is 0 Å². The standard InChI is InChI=1S/C18H27N3O3/c1-4-5-6-14(21-18(23)13(2)19)9-12-17(22)20-15-7-10-16(24-3)11-8-15/h7-14H,4-6,19H2,1-3H3,(H,20,22)(H,21,23). The van der Waals surface area contributed by atoms with Gasteiger partial charge in [0.15, 0.2) is 0 Å². The number of amides is 2. The molecule has 0 radical (unpaired) electrons. The minimum Gasteiger partial charge on any atom is -0.497 e. The molecule has 1 aromatic rings. The summed E-state index contributed by atoms with van der Waals surface area (Å²) in [5, 5.41) is 5.60. The molecular weight excluding hydrogens is 306 g/mol. The van der Waals surface area contributed by atoms with Crippen molar-refractivity contribution in [2.24, 2.45) is 5.73 Å². The van der Waals surface area contributed by atoms with Crippen LogP contribution in [0, 0.1) is 0 Å². The van der Waals surface area contributed by atoms with Crippen LogP contribution in [-0.4, -0.2) is 31.0 Å². The van der Waals surface area contributed by atoms with Crippen molar-refractivity contribution in [1.29, 1.82) is 0 Å². The van der Waals surface area contributed by atoms with Gasteiger partial charge >= 0.3 is 0 Å². The predicted octanol–water partition coefficient (Wildman–Crippen LogP) is 2.21. The molecule has 4 N–H and O–H groups in total. The molecule has 0 aliphatic carbocycles. The number of ether oxygens (including phenoxy) is 1. The van der Waals surface area contributed by atoms with E-state index in [-0.39, 0.29) is 17.9 Å². The minimum atomic E-state index is -0.573. The lowest BCUT2D eigenvalue weighted by Gasteiger charge is -2.16. The Labute approximate surface area is 143 Å². The van der Waals surface area contributed by atoms with Crippen LogP contribution in [0.1, 0.15) is 33.1 Å². The first-order chi connectivity index (χ1) is 11.5. The van der Waals surface area contributed by atoms with Crippen LogP contribution < -0.4 is 21.1 Å². The fraction of sp³-hybridized carbons (Fsp3) is 0.444. The third-order valence-electron chi connectivity index (χ3n) is 3.45. The smallest absolute Gasteiger partial charge is 0.248 e. The van der Waals surface area contributed by atoms with Crippen LogP contribution in [0.15, 0.2) is 36.4 Å². The van der Waals surface area contributed by atoms with Crippen LogP contribution in [0.25, 0.3) is 0 Å². The van der Waals surface area contributed by atoms with Crippen molar-refractivity contribution in [3.8, 4) is 5.75 Å². The monoisotopic (exact) mass is 333 g/mol. The first-order valence-corrected chi connectivity index (χ1v) is 8.15. The van der Waals surface area contributed by atoms with E-state index in [0.29, 0.717) is 5.69 Å². The summed E-state index contributed by atoms with van der Waals surface area (Å²) in [6.45, 7) is 3.71. The number of nitrogens with two attached hydrogens (primary N) is 1. The van der Waals surface area contributed by atoms with Crippen LogP contribution in [0.2, 0.25) is 0 Å². The maximum absolute atomic E-state index is 12.0. The van der Waals surface area contributed by atoms with Gasteiger partial charge in [0.2, 0.25) is 11.8 Å². The third-order valence-corrected chi connectivity index (χ3v) is 3.45. The fourth-order valence-corrected chi connectivity index (χ4v) is 2.02. The van der Waals surface area contributed by atoms with E-state index in [1.807, 2.05) is 0 Å². The van der Waals surface area contributed by atoms with Crippen LogP contribution in [-0.2, 0) is 9.59 Å². The SMILES string of the molecule is CCCCC(C=CC(=O)Nc1ccc(OC)cc1)NC(=O)C(C)N. The molecule has 0 saturated heterocycles. The van der Waals surface area contributed by atoms with E-state index < -0.39 is 6.04 Å². The molecule has 0 bridgehead atoms. The number of nitrogens with one attached hydrogen (secondary N) is 2. The van der Waals surface area contributed by atoms with Crippen molar-refractivity contribution in [3.05, 3.63) is 36.4 Å². The van der Waals surface area contributed by atoms with Crippen molar-refractivity contribution < 1.29 is 14.3 Å². The fourth-order valence-electron chi connectivity index (χ4n) is 2.02. The number of carbonyl (C=O) groups is 2. The summed E-state index contributed by atoms with van der Waals surface area (Å²) in [6, 6.07) is 6.28. The van der Waals surface area contributed by atoms with Crippen molar-refractivity contribution >= 4 is 17.5 Å². The van der Waals surface area contributed by atoms with Crippen molar-refractivity contribution in [2.75, 3.05) is 12.4 Å². The molecule has 0 aliphatic rings. The average molecular weight is 333 g/mol. The second-order valence-corrected chi connectivity index (χ2v) is 5.62. The van der Waals surface area contributed by atoms with E-state index in [9.17, 15) is 9.59 Å². The highest BCUT2D eigenvalue weighted by Crippen LogP contribution is 2.15. The molecule has 2 atom stereocenters. The summed E-state index contributed by atoms with van der Waals surface area (Å²) in [5.74, 6) is 0.245. The highest BCUT2D eigenvalue weighted by Gasteiger charge is 2.12. The minimum absolute atomic E-state index is 0.204. The van der Waals surface area contributed by atoms with E-state index in [4.69, 9.17) is 10.5 Å². The van der Waals surface area contributed by atoms with E-state index >= 15 is 0 Å². The van der Waals surface area contributed by atoms with E-state index in [1.54, 1.807) is 44.4 Å². The highest BCUT2D eigenvalue weighted by molar-refractivity contribution is 5.99. The zero-order valence-corrected chi connectivity index (χ0v) is 14.5. The van der Waals surface area contributed by atoms with Gasteiger partial charge in [-0.05, 0) is 37.6 Å². The van der Waals surface area contributed by atoms with E-state index in [2.05, 4.69) is 17.6 Å². The van der Waals surface area contributed by atoms with Gasteiger partial charge in [0.05, 0.1) is 13.2 Å². The maximum Gasteiger partial charge on any atom is 0.248 e. The second kappa shape index (κ2) is 10.4. The molecule has 0 heterocycles. The Balaban J connectivity index is 2.62. The zero-order chi connectivity index (χ0) is 17.9. The van der Waals surface area contributed by atoms with Crippen LogP contribution in [0.4, 0.5) is 5.69 Å². The Morgan fingerprint density at radius 3 is 2.50 bits per heavy atom. The van der Waals surface area contributed by atoms with E-state index in [1.165, 1.54) is 6.08 Å². The lowest BCUT2D eigenvalue weighted by atomic mass is 10.1. The summed E-state index contributed by atoms with van der Waals surface area (Å²) < 4.78 is 5.07. The number of methoxy groups -OCH3 is 1. The normalized spacial score (nSPS) is 13.3. The number of carbonyl (C=O) groups excluding carboxylic acids is 2. The number of unbranched alkanes of at least 4 members (excludes halogenated alkanes) is 1. The van der Waals surface area contributed by atoms with Crippen LogP contribution in [0.5, 0.6) is 5.75 Å². The number of rotatable bonds is 9. The topological polar surface area (TPSA) is 93.5 Å². The first-order valence-electron chi connectivity index (χ1n) is 8.15. The first kappa shape index (κ1) is 19.7. The summed E-state index contributed by atoms with van der Waals surface area (Å²) in [4.78, 5) is 23.7. The summed E-state index contributed by atoms with van der Waals surface area (Å²) >= 11 is 0. The summed E-state index contributed by atoms with van der Waals surface area (Å²) in [7, 11) is 1.59. The quantitative estimate of drug-likeness (QED) is 0.604. The average Bonchev–Trinajstić information content (AvgIpc) is 2.57. The molecule has 1 rings (SSSR count). The lowest BCUT2D eigenvalue weighted by molar-refractivity contribution is -0.122. The molecule has 0 saturated carbocycles. The second-order valence-electron chi connectivity index (χ2n) is 5.62. The molecule has 6 heteroatoms. The molecule has 24 heavy (non-hydrogen) atoms. The molecule has 2 unspecified atom stereocenters. The van der Waals surface area contributed by atoms with Crippen LogP contribution >= 0.6 is 0 Å². The van der Waals surface area contributed by atoms with Crippen LogP contribution in [0.3, 0.4) is 0 Å². The van der Waals surface area contributed by atoms with Crippen molar-refractivity contribution in [1.82, 2.24) is 5.32 Å². The number of benzene rings is 1. The van der Waals surface area contributed by atoms with Gasteiger partial charge in [-0.1, -0.05) is 25.8 Å². The molecule has 0 fully saturated rings. The Morgan fingerprint density at radius 1 is 1.29 bits per heavy atom. The number of hydrogen-bond acceptors (Lipinski definition) is 4. The van der Waals surface area contributed by atoms with Gasteiger partial charge in [-0.3, -0.25) is 9.59 Å². The van der Waals surface area contributed by atoms with Gasteiger partial charge < -0.3 is 21.1 Å². The van der Waals surface area contributed by atoms with Crippen molar-refractivity contribution in [2.45, 2.75) is 45.2 Å². The summed E-state index contributed by atoms with van der Waals surface area (Å²) in [6.07, 6.45) is 5.87. The molecule has 0 aliphatic heterocycles. The molecule has 0 aromatic heterocycles. The predicted molar refractivity (Wildman–Crippen MR) is 95.9 cm³/mol. The number of anilines is 1. The van der Waals surface area contributed by atoms with E-state index in [0.717, 1.165) is 25.0 Å². The Morgan fingerprint density at radius 2 is 1.96 bits per heavy atom. The van der Waals surface area contributed by atoms with Gasteiger partial charge in [0.1, 0.15) is 5.75 Å². The largest absolute Gasteiger partial charge is 0.497 e. The lowest BCUT2D eigenvalue weighted by Crippen LogP contribution is -2.43. The molecule has 132 valence electrons. The molecule has 1 aromatic carbocycles. The Hall–Kier alpha value is -2.34. The van der Waals surface area contributed by atoms with Gasteiger partial charge in [-0.25, -0.2) is 0 Å². The van der Waals surface area contributed by atoms with Gasteiger partial charge in [-0.2, -0.15) is 0 Å². The molecule has 6 nitrogen and oxygen atoms in total. The van der Waals surface area contributed by atoms with Crippen molar-refractivity contribution in [3.63, 3.8) is 0 Å². The zero-order valence-electron chi connectivity index (χ0n) is 14.5.